The van der Waals surface area contributed by atoms with Crippen molar-refractivity contribution >= 4 is 67.6 Å². The number of aryl methyl sites for hydroxylation is 2. The van der Waals surface area contributed by atoms with E-state index in [4.69, 9.17) is 21.7 Å². The predicted molar refractivity (Wildman–Crippen MR) is 154 cm³/mol. The van der Waals surface area contributed by atoms with E-state index in [9.17, 15) is 14.9 Å². The molecule has 1 fully saturated rings. The van der Waals surface area contributed by atoms with Crippen LogP contribution in [-0.4, -0.2) is 21.8 Å². The lowest BCUT2D eigenvalue weighted by Gasteiger charge is -2.16. The SMILES string of the molecule is CCOc1cc(/C=C2/SC(=S)N(c3ccc(C)c(C)c3)C2=O)cc(Br)c1OCc1ccc([N+](=O)[O-])cc1. The third-order valence-electron chi connectivity index (χ3n) is 5.70. The fourth-order valence-electron chi connectivity index (χ4n) is 3.65. The molecule has 4 rings (SSSR count). The summed E-state index contributed by atoms with van der Waals surface area (Å²) in [5, 5.41) is 10.9. The van der Waals surface area contributed by atoms with Gasteiger partial charge >= 0.3 is 0 Å². The first kappa shape index (κ1) is 26.8. The van der Waals surface area contributed by atoms with Crippen LogP contribution < -0.4 is 14.4 Å². The Balaban J connectivity index is 1.58. The first-order chi connectivity index (χ1) is 17.7. The molecule has 1 aliphatic rings. The molecule has 1 amide bonds. The van der Waals surface area contributed by atoms with Gasteiger partial charge in [0.1, 0.15) is 6.61 Å². The molecule has 3 aromatic rings. The number of ether oxygens (including phenoxy) is 2. The van der Waals surface area contributed by atoms with Crippen molar-refractivity contribution in [1.82, 2.24) is 0 Å². The molecule has 1 heterocycles. The largest absolute Gasteiger partial charge is 0.490 e. The van der Waals surface area contributed by atoms with Gasteiger partial charge in [-0.2, -0.15) is 0 Å². The van der Waals surface area contributed by atoms with Crippen molar-refractivity contribution in [3.05, 3.63) is 96.3 Å². The van der Waals surface area contributed by atoms with Crippen LogP contribution in [0.1, 0.15) is 29.2 Å². The van der Waals surface area contributed by atoms with Crippen molar-refractivity contribution < 1.29 is 19.2 Å². The number of thiocarbonyl (C=S) groups is 1. The van der Waals surface area contributed by atoms with Gasteiger partial charge in [0.15, 0.2) is 15.8 Å². The van der Waals surface area contributed by atoms with Crippen LogP contribution in [0.5, 0.6) is 11.5 Å². The Morgan fingerprint density at radius 1 is 1.08 bits per heavy atom. The predicted octanol–water partition coefficient (Wildman–Crippen LogP) is 7.36. The first-order valence-electron chi connectivity index (χ1n) is 11.4. The van der Waals surface area contributed by atoms with Crippen LogP contribution in [0.2, 0.25) is 0 Å². The number of nitro benzene ring substituents is 1. The summed E-state index contributed by atoms with van der Waals surface area (Å²) in [7, 11) is 0. The van der Waals surface area contributed by atoms with Crippen LogP contribution in [0.4, 0.5) is 11.4 Å². The maximum atomic E-state index is 13.2. The zero-order chi connectivity index (χ0) is 26.7. The lowest BCUT2D eigenvalue weighted by atomic mass is 10.1. The molecule has 0 radical (unpaired) electrons. The molecule has 0 spiro atoms. The number of benzene rings is 3. The Morgan fingerprint density at radius 2 is 1.81 bits per heavy atom. The molecule has 0 N–H and O–H groups in total. The summed E-state index contributed by atoms with van der Waals surface area (Å²) in [4.78, 5) is 25.7. The van der Waals surface area contributed by atoms with E-state index in [2.05, 4.69) is 15.9 Å². The van der Waals surface area contributed by atoms with Gasteiger partial charge in [-0.1, -0.05) is 30.0 Å². The molecule has 0 unspecified atom stereocenters. The molecule has 0 saturated carbocycles. The summed E-state index contributed by atoms with van der Waals surface area (Å²) in [6, 6.07) is 15.7. The van der Waals surface area contributed by atoms with Crippen LogP contribution in [0.15, 0.2) is 64.0 Å². The second-order valence-electron chi connectivity index (χ2n) is 8.26. The minimum Gasteiger partial charge on any atom is -0.490 e. The fourth-order valence-corrected chi connectivity index (χ4v) is 5.52. The average molecular weight is 600 g/mol. The van der Waals surface area contributed by atoms with Crippen LogP contribution in [0, 0.1) is 24.0 Å². The van der Waals surface area contributed by atoms with E-state index >= 15 is 0 Å². The van der Waals surface area contributed by atoms with Crippen molar-refractivity contribution in [3.63, 3.8) is 0 Å². The monoisotopic (exact) mass is 598 g/mol. The summed E-state index contributed by atoms with van der Waals surface area (Å²) < 4.78 is 13.0. The summed E-state index contributed by atoms with van der Waals surface area (Å²) in [5.41, 5.74) is 4.53. The highest BCUT2D eigenvalue weighted by atomic mass is 79.9. The number of thioether (sulfide) groups is 1. The third kappa shape index (κ3) is 6.03. The van der Waals surface area contributed by atoms with Gasteiger partial charge in [-0.15, -0.1) is 0 Å². The van der Waals surface area contributed by atoms with E-state index in [1.807, 2.05) is 51.1 Å². The average Bonchev–Trinajstić information content (AvgIpc) is 3.13. The number of nitro groups is 1. The Bertz CT molecular complexity index is 1420. The molecule has 0 aliphatic carbocycles. The maximum absolute atomic E-state index is 13.2. The quantitative estimate of drug-likeness (QED) is 0.116. The van der Waals surface area contributed by atoms with Crippen molar-refractivity contribution in [3.8, 4) is 11.5 Å². The standard InChI is InChI=1S/C27H23BrN2O5S2/c1-4-34-23-13-19(12-22(28)25(23)35-15-18-6-9-20(10-7-18)30(32)33)14-24-26(31)29(27(36)37-24)21-8-5-16(2)17(3)11-21/h5-14H,4,15H2,1-3H3/b24-14+. The maximum Gasteiger partial charge on any atom is 0.270 e. The Kier molecular flexibility index (Phi) is 8.31. The number of halogens is 1. The van der Waals surface area contributed by atoms with Crippen LogP contribution >= 0.6 is 39.9 Å². The van der Waals surface area contributed by atoms with Gasteiger partial charge < -0.3 is 9.47 Å². The smallest absolute Gasteiger partial charge is 0.270 e. The number of amides is 1. The number of nitrogens with zero attached hydrogens (tertiary/aromatic N) is 2. The molecule has 37 heavy (non-hydrogen) atoms. The van der Waals surface area contributed by atoms with E-state index in [0.717, 1.165) is 27.9 Å². The van der Waals surface area contributed by atoms with Crippen molar-refractivity contribution in [2.75, 3.05) is 11.5 Å². The number of carbonyl (C=O) groups excluding carboxylic acids is 1. The number of non-ortho nitro benzene ring substituents is 1. The van der Waals surface area contributed by atoms with Crippen LogP contribution in [-0.2, 0) is 11.4 Å². The molecule has 0 bridgehead atoms. The second kappa shape index (κ2) is 11.5. The van der Waals surface area contributed by atoms with Crippen molar-refractivity contribution in [1.29, 1.82) is 0 Å². The molecule has 1 aliphatic heterocycles. The first-order valence-corrected chi connectivity index (χ1v) is 13.4. The minimum absolute atomic E-state index is 0.0206. The van der Waals surface area contributed by atoms with E-state index < -0.39 is 4.92 Å². The van der Waals surface area contributed by atoms with E-state index in [0.29, 0.717) is 31.8 Å². The summed E-state index contributed by atoms with van der Waals surface area (Å²) in [6.07, 6.45) is 1.79. The Hall–Kier alpha value is -3.21. The zero-order valence-corrected chi connectivity index (χ0v) is 23.5. The molecular formula is C27H23BrN2O5S2. The van der Waals surface area contributed by atoms with Crippen LogP contribution in [0.25, 0.3) is 6.08 Å². The Morgan fingerprint density at radius 3 is 2.46 bits per heavy atom. The van der Waals surface area contributed by atoms with E-state index in [-0.39, 0.29) is 18.2 Å². The van der Waals surface area contributed by atoms with Gasteiger partial charge in [0.25, 0.3) is 11.6 Å². The van der Waals surface area contributed by atoms with E-state index in [1.165, 1.54) is 23.9 Å². The highest BCUT2D eigenvalue weighted by molar-refractivity contribution is 9.10. The van der Waals surface area contributed by atoms with Crippen molar-refractivity contribution in [2.45, 2.75) is 27.4 Å². The second-order valence-corrected chi connectivity index (χ2v) is 10.8. The van der Waals surface area contributed by atoms with Crippen molar-refractivity contribution in [2.24, 2.45) is 0 Å². The molecule has 3 aromatic carbocycles. The molecule has 0 atom stereocenters. The Labute approximate surface area is 232 Å². The molecular weight excluding hydrogens is 576 g/mol. The van der Waals surface area contributed by atoms with Gasteiger partial charge in [-0.3, -0.25) is 19.8 Å². The zero-order valence-electron chi connectivity index (χ0n) is 20.3. The molecule has 1 saturated heterocycles. The number of rotatable bonds is 8. The van der Waals surface area contributed by atoms with Gasteiger partial charge in [0.05, 0.1) is 26.6 Å². The van der Waals surface area contributed by atoms with Gasteiger partial charge in [0.2, 0.25) is 0 Å². The number of hydrogen-bond donors (Lipinski definition) is 0. The summed E-state index contributed by atoms with van der Waals surface area (Å²) >= 11 is 10.3. The van der Waals surface area contributed by atoms with Crippen LogP contribution in [0.3, 0.4) is 0 Å². The highest BCUT2D eigenvalue weighted by Crippen LogP contribution is 2.41. The topological polar surface area (TPSA) is 81.9 Å². The molecule has 7 nitrogen and oxygen atoms in total. The fraction of sp³-hybridized carbons (Fsp3) is 0.185. The number of carbonyl (C=O) groups is 1. The van der Waals surface area contributed by atoms with Gasteiger partial charge in [-0.25, -0.2) is 0 Å². The highest BCUT2D eigenvalue weighted by Gasteiger charge is 2.33. The van der Waals surface area contributed by atoms with E-state index in [1.54, 1.807) is 23.1 Å². The lowest BCUT2D eigenvalue weighted by Crippen LogP contribution is -2.27. The molecule has 0 aromatic heterocycles. The third-order valence-corrected chi connectivity index (χ3v) is 7.59. The van der Waals surface area contributed by atoms with Gasteiger partial charge in [-0.05, 0) is 101 Å². The molecule has 190 valence electrons. The number of hydrogen-bond acceptors (Lipinski definition) is 7. The molecule has 10 heteroatoms. The van der Waals surface area contributed by atoms with Gasteiger partial charge in [0, 0.05) is 12.1 Å². The normalized spacial score (nSPS) is 14.4. The number of anilines is 1. The lowest BCUT2D eigenvalue weighted by molar-refractivity contribution is -0.384. The summed E-state index contributed by atoms with van der Waals surface area (Å²) in [5.74, 6) is 0.834. The minimum atomic E-state index is -0.442. The summed E-state index contributed by atoms with van der Waals surface area (Å²) in [6.45, 7) is 6.51.